The van der Waals surface area contributed by atoms with Crippen LogP contribution in [0.5, 0.6) is 0 Å². The smallest absolute Gasteiger partial charge is 0.411 e. The number of pyridine rings is 1. The molecule has 41 heavy (non-hydrogen) atoms. The number of methoxy groups -OCH3 is 1. The molecule has 3 heterocycles. The molecule has 2 aromatic carbocycles. The molecule has 0 spiro atoms. The molecule has 1 N–H and O–H groups in total. The van der Waals surface area contributed by atoms with Crippen LogP contribution in [0.25, 0.3) is 11.8 Å². The third-order valence-electron chi connectivity index (χ3n) is 6.51. The maximum atomic E-state index is 13.8. The van der Waals surface area contributed by atoms with Crippen LogP contribution in [0.4, 0.5) is 10.5 Å². The number of benzene rings is 2. The minimum Gasteiger partial charge on any atom is -0.453 e. The minimum atomic E-state index is -0.869. The van der Waals surface area contributed by atoms with E-state index in [2.05, 4.69) is 30.6 Å². The third-order valence-corrected chi connectivity index (χ3v) is 6.96. The minimum absolute atomic E-state index is 0.0521. The Balaban J connectivity index is 1.41. The van der Waals surface area contributed by atoms with Crippen LogP contribution in [0.3, 0.4) is 0 Å². The molecular weight excluding hydrogens is 569 g/mol. The van der Waals surface area contributed by atoms with Crippen molar-refractivity contribution in [3.05, 3.63) is 99.6 Å². The average molecular weight is 592 g/mol. The molecule has 0 saturated carbocycles. The Labute approximate surface area is 244 Å². The van der Waals surface area contributed by atoms with E-state index in [0.717, 1.165) is 0 Å². The number of Topliss-reactive ketones (excluding diaryl/α,β-unsaturated/α-hetero) is 1. The number of ketones is 1. The first-order valence-corrected chi connectivity index (χ1v) is 13.2. The molecular formula is C28H23Cl2N7O4. The molecule has 2 amide bonds. The van der Waals surface area contributed by atoms with Gasteiger partial charge in [-0.2, -0.15) is 4.68 Å². The topological polar surface area (TPSA) is 132 Å². The molecule has 0 fully saturated rings. The lowest BCUT2D eigenvalue weighted by atomic mass is 9.90. The maximum absolute atomic E-state index is 13.8. The van der Waals surface area contributed by atoms with Gasteiger partial charge in [-0.05, 0) is 58.5 Å². The molecule has 1 aliphatic heterocycles. The fraction of sp³-hybridized carbons (Fsp3) is 0.179. The van der Waals surface area contributed by atoms with Crippen molar-refractivity contribution in [2.75, 3.05) is 19.0 Å². The third kappa shape index (κ3) is 6.42. The maximum Gasteiger partial charge on any atom is 0.411 e. The van der Waals surface area contributed by atoms with Gasteiger partial charge in [-0.3, -0.25) is 14.9 Å². The van der Waals surface area contributed by atoms with Crippen LogP contribution in [-0.4, -0.2) is 61.5 Å². The van der Waals surface area contributed by atoms with E-state index in [4.69, 9.17) is 23.2 Å². The van der Waals surface area contributed by atoms with Gasteiger partial charge in [0, 0.05) is 53.0 Å². The van der Waals surface area contributed by atoms with E-state index in [1.54, 1.807) is 60.7 Å². The van der Waals surface area contributed by atoms with Crippen LogP contribution in [0.1, 0.15) is 28.4 Å². The number of hydrogen-bond acceptors (Lipinski definition) is 8. The summed E-state index contributed by atoms with van der Waals surface area (Å²) in [5, 5.41) is 14.6. The highest BCUT2D eigenvalue weighted by atomic mass is 35.5. The molecule has 0 radical (unpaired) electrons. The number of nitrogens with zero attached hydrogens (tertiary/aromatic N) is 6. The molecule has 13 heteroatoms. The van der Waals surface area contributed by atoms with Crippen molar-refractivity contribution in [3.8, 4) is 5.69 Å². The fourth-order valence-electron chi connectivity index (χ4n) is 4.61. The van der Waals surface area contributed by atoms with Crippen LogP contribution in [0.2, 0.25) is 10.2 Å². The van der Waals surface area contributed by atoms with Gasteiger partial charge in [-0.1, -0.05) is 41.4 Å². The standard InChI is InChI=1S/C28H23Cl2N7O4/c1-41-28(40)32-20-6-2-17(3-7-20)14-24(38)27-21-8-10-25(30)33-22(21)12-13-36(27)26(39)11-4-18-15-19(29)5-9-23(18)37-16-31-34-35-37/h2-11,15-16,27H,12-14H2,1H3,(H,32,40)/b11-4+. The summed E-state index contributed by atoms with van der Waals surface area (Å²) in [5.41, 5.74) is 3.80. The number of carbonyl (C=O) groups is 3. The van der Waals surface area contributed by atoms with Crippen LogP contribution in [0, 0.1) is 0 Å². The molecule has 1 atom stereocenters. The summed E-state index contributed by atoms with van der Waals surface area (Å²) in [6.45, 7) is 0.275. The highest BCUT2D eigenvalue weighted by Crippen LogP contribution is 2.32. The Kier molecular flexibility index (Phi) is 8.37. The molecule has 0 saturated heterocycles. The van der Waals surface area contributed by atoms with Crippen molar-refractivity contribution in [3.63, 3.8) is 0 Å². The molecule has 2 aromatic heterocycles. The van der Waals surface area contributed by atoms with Gasteiger partial charge in [-0.15, -0.1) is 5.10 Å². The number of aromatic nitrogens is 5. The van der Waals surface area contributed by atoms with Crippen molar-refractivity contribution in [1.29, 1.82) is 0 Å². The Bertz CT molecular complexity index is 1630. The molecule has 1 unspecified atom stereocenters. The summed E-state index contributed by atoms with van der Waals surface area (Å²) >= 11 is 12.3. The Hall–Kier alpha value is -4.61. The van der Waals surface area contributed by atoms with E-state index >= 15 is 0 Å². The average Bonchev–Trinajstić information content (AvgIpc) is 3.51. The van der Waals surface area contributed by atoms with Crippen molar-refractivity contribution in [2.24, 2.45) is 0 Å². The molecule has 11 nitrogen and oxygen atoms in total. The van der Waals surface area contributed by atoms with Gasteiger partial charge in [-0.25, -0.2) is 9.78 Å². The van der Waals surface area contributed by atoms with E-state index in [1.165, 1.54) is 29.1 Å². The first kappa shape index (κ1) is 27.9. The summed E-state index contributed by atoms with van der Waals surface area (Å²) in [6.07, 6.45) is 4.37. The Morgan fingerprint density at radius 1 is 1.10 bits per heavy atom. The zero-order valence-corrected chi connectivity index (χ0v) is 23.2. The summed E-state index contributed by atoms with van der Waals surface area (Å²) in [4.78, 5) is 44.7. The molecule has 208 valence electrons. The van der Waals surface area contributed by atoms with Gasteiger partial charge < -0.3 is 9.64 Å². The number of carbonyl (C=O) groups excluding carboxylic acids is 3. The van der Waals surface area contributed by atoms with E-state index in [9.17, 15) is 14.4 Å². The number of tetrazole rings is 1. The lowest BCUT2D eigenvalue weighted by molar-refractivity contribution is -0.136. The zero-order chi connectivity index (χ0) is 28.9. The van der Waals surface area contributed by atoms with Crippen LogP contribution in [-0.2, 0) is 27.2 Å². The predicted octanol–water partition coefficient (Wildman–Crippen LogP) is 4.49. The normalized spacial score (nSPS) is 14.5. The SMILES string of the molecule is COC(=O)Nc1ccc(CC(=O)C2c3ccc(Cl)nc3CCN2C(=O)/C=C/c2cc(Cl)ccc2-n2cnnn2)cc1. The number of rotatable bonds is 7. The fourth-order valence-corrected chi connectivity index (χ4v) is 4.96. The van der Waals surface area contributed by atoms with Crippen molar-refractivity contribution in [2.45, 2.75) is 18.9 Å². The number of fused-ring (bicyclic) bond motifs is 1. The molecule has 5 rings (SSSR count). The molecule has 4 aromatic rings. The van der Waals surface area contributed by atoms with E-state index in [-0.39, 0.29) is 24.7 Å². The van der Waals surface area contributed by atoms with Gasteiger partial charge in [0.1, 0.15) is 17.5 Å². The van der Waals surface area contributed by atoms with Crippen LogP contribution < -0.4 is 5.32 Å². The highest BCUT2D eigenvalue weighted by Gasteiger charge is 2.35. The Morgan fingerprint density at radius 3 is 2.63 bits per heavy atom. The van der Waals surface area contributed by atoms with Crippen LogP contribution >= 0.6 is 23.2 Å². The lowest BCUT2D eigenvalue weighted by Gasteiger charge is -2.35. The number of halogens is 2. The first-order valence-electron chi connectivity index (χ1n) is 12.5. The first-order chi connectivity index (χ1) is 19.8. The highest BCUT2D eigenvalue weighted by molar-refractivity contribution is 6.30. The summed E-state index contributed by atoms with van der Waals surface area (Å²) < 4.78 is 6.07. The van der Waals surface area contributed by atoms with Gasteiger partial charge in [0.15, 0.2) is 5.78 Å². The second kappa shape index (κ2) is 12.3. The second-order valence-electron chi connectivity index (χ2n) is 9.10. The molecule has 0 aliphatic carbocycles. The van der Waals surface area contributed by atoms with Gasteiger partial charge in [0.2, 0.25) is 5.91 Å². The van der Waals surface area contributed by atoms with Gasteiger partial charge in [0.05, 0.1) is 12.8 Å². The quantitative estimate of drug-likeness (QED) is 0.245. The van der Waals surface area contributed by atoms with Gasteiger partial charge in [0.25, 0.3) is 0 Å². The molecule has 0 bridgehead atoms. The number of anilines is 1. The Morgan fingerprint density at radius 2 is 1.90 bits per heavy atom. The number of ether oxygens (including phenoxy) is 1. The number of amides is 2. The van der Waals surface area contributed by atoms with Gasteiger partial charge >= 0.3 is 6.09 Å². The number of nitrogens with one attached hydrogen (secondary N) is 1. The lowest BCUT2D eigenvalue weighted by Crippen LogP contribution is -2.43. The van der Waals surface area contributed by atoms with Crippen LogP contribution in [0.15, 0.2) is 67.0 Å². The summed E-state index contributed by atoms with van der Waals surface area (Å²) in [7, 11) is 1.27. The van der Waals surface area contributed by atoms with E-state index < -0.39 is 12.1 Å². The predicted molar refractivity (Wildman–Crippen MR) is 152 cm³/mol. The van der Waals surface area contributed by atoms with Crippen molar-refractivity contribution >= 4 is 52.7 Å². The second-order valence-corrected chi connectivity index (χ2v) is 9.93. The van der Waals surface area contributed by atoms with E-state index in [0.29, 0.717) is 50.4 Å². The monoisotopic (exact) mass is 591 g/mol. The summed E-state index contributed by atoms with van der Waals surface area (Å²) in [5.74, 6) is -0.549. The zero-order valence-electron chi connectivity index (χ0n) is 21.7. The van der Waals surface area contributed by atoms with Crippen molar-refractivity contribution in [1.82, 2.24) is 30.1 Å². The number of hydrogen-bond donors (Lipinski definition) is 1. The van der Waals surface area contributed by atoms with Crippen molar-refractivity contribution < 1.29 is 19.1 Å². The van der Waals surface area contributed by atoms with E-state index in [1.807, 2.05) is 0 Å². The largest absolute Gasteiger partial charge is 0.453 e. The summed E-state index contributed by atoms with van der Waals surface area (Å²) in [6, 6.07) is 14.4. The molecule has 1 aliphatic rings.